The lowest BCUT2D eigenvalue weighted by molar-refractivity contribution is 1.24. The van der Waals surface area contributed by atoms with Gasteiger partial charge in [-0.05, 0) is 11.6 Å². The maximum absolute atomic E-state index is 5.89. The van der Waals surface area contributed by atoms with E-state index in [0.717, 1.165) is 10.6 Å². The van der Waals surface area contributed by atoms with Crippen molar-refractivity contribution in [2.45, 2.75) is 10.6 Å². The Bertz CT molecular complexity index is 474. The van der Waals surface area contributed by atoms with Gasteiger partial charge in [-0.15, -0.1) is 11.8 Å². The largest absolute Gasteiger partial charge is 0.382 e. The zero-order chi connectivity index (χ0) is 11.4. The van der Waals surface area contributed by atoms with Gasteiger partial charge in [0.05, 0.1) is 5.02 Å². The molecule has 16 heavy (non-hydrogen) atoms. The van der Waals surface area contributed by atoms with Crippen molar-refractivity contribution in [2.75, 3.05) is 5.73 Å². The van der Waals surface area contributed by atoms with E-state index < -0.39 is 0 Å². The van der Waals surface area contributed by atoms with Gasteiger partial charge in [-0.3, -0.25) is 0 Å². The van der Waals surface area contributed by atoms with Crippen LogP contribution < -0.4 is 5.73 Å². The number of anilines is 1. The van der Waals surface area contributed by atoms with Crippen LogP contribution in [0.1, 0.15) is 5.56 Å². The van der Waals surface area contributed by atoms with Crippen molar-refractivity contribution in [1.82, 2.24) is 4.98 Å². The highest BCUT2D eigenvalue weighted by atomic mass is 35.5. The van der Waals surface area contributed by atoms with Crippen molar-refractivity contribution in [3.8, 4) is 0 Å². The van der Waals surface area contributed by atoms with Crippen molar-refractivity contribution >= 4 is 29.2 Å². The van der Waals surface area contributed by atoms with E-state index in [4.69, 9.17) is 17.3 Å². The van der Waals surface area contributed by atoms with Crippen LogP contribution in [0.2, 0.25) is 5.02 Å². The number of nitrogens with zero attached hydrogens (tertiary/aromatic N) is 1. The predicted molar refractivity (Wildman–Crippen MR) is 69.7 cm³/mol. The molecule has 0 unspecified atom stereocenters. The molecule has 4 heteroatoms. The van der Waals surface area contributed by atoms with Crippen LogP contribution in [-0.2, 0) is 5.75 Å². The van der Waals surface area contributed by atoms with Crippen LogP contribution in [0.25, 0.3) is 0 Å². The number of hydrogen-bond acceptors (Lipinski definition) is 3. The third-order valence-corrected chi connectivity index (χ3v) is 3.43. The minimum atomic E-state index is 0.380. The van der Waals surface area contributed by atoms with Crippen molar-refractivity contribution in [2.24, 2.45) is 0 Å². The SMILES string of the molecule is Nc1ncc(SCc2ccccc2)cc1Cl. The van der Waals surface area contributed by atoms with Gasteiger partial charge in [-0.1, -0.05) is 41.9 Å². The van der Waals surface area contributed by atoms with Crippen LogP contribution >= 0.6 is 23.4 Å². The third-order valence-electron chi connectivity index (χ3n) is 2.09. The van der Waals surface area contributed by atoms with Gasteiger partial charge >= 0.3 is 0 Å². The second-order valence-corrected chi connectivity index (χ2v) is 4.77. The zero-order valence-electron chi connectivity index (χ0n) is 8.56. The van der Waals surface area contributed by atoms with E-state index in [1.54, 1.807) is 18.0 Å². The standard InChI is InChI=1S/C12H11ClN2S/c13-11-6-10(7-15-12(11)14)16-8-9-4-2-1-3-5-9/h1-7H,8H2,(H2,14,15). The fourth-order valence-electron chi connectivity index (χ4n) is 1.25. The lowest BCUT2D eigenvalue weighted by atomic mass is 10.2. The molecule has 0 aliphatic rings. The summed E-state index contributed by atoms with van der Waals surface area (Å²) in [5.74, 6) is 1.29. The summed E-state index contributed by atoms with van der Waals surface area (Å²) in [4.78, 5) is 5.05. The Morgan fingerprint density at radius 1 is 1.25 bits per heavy atom. The van der Waals surface area contributed by atoms with Crippen molar-refractivity contribution in [1.29, 1.82) is 0 Å². The van der Waals surface area contributed by atoms with Crippen LogP contribution in [0.4, 0.5) is 5.82 Å². The molecule has 2 N–H and O–H groups in total. The minimum Gasteiger partial charge on any atom is -0.382 e. The quantitative estimate of drug-likeness (QED) is 0.846. The van der Waals surface area contributed by atoms with Crippen LogP contribution in [0.15, 0.2) is 47.5 Å². The molecular formula is C12H11ClN2S. The summed E-state index contributed by atoms with van der Waals surface area (Å²) in [7, 11) is 0. The number of thioether (sulfide) groups is 1. The smallest absolute Gasteiger partial charge is 0.142 e. The van der Waals surface area contributed by atoms with Gasteiger partial charge in [0, 0.05) is 16.8 Å². The molecule has 0 atom stereocenters. The molecule has 0 aliphatic heterocycles. The van der Waals surface area contributed by atoms with E-state index in [-0.39, 0.29) is 0 Å². The first-order chi connectivity index (χ1) is 7.75. The van der Waals surface area contributed by atoms with E-state index >= 15 is 0 Å². The van der Waals surface area contributed by atoms with E-state index in [0.29, 0.717) is 10.8 Å². The van der Waals surface area contributed by atoms with Gasteiger partial charge in [0.1, 0.15) is 5.82 Å². The highest BCUT2D eigenvalue weighted by molar-refractivity contribution is 7.98. The third kappa shape index (κ3) is 2.90. The molecule has 2 rings (SSSR count). The Morgan fingerprint density at radius 3 is 2.69 bits per heavy atom. The molecule has 0 bridgehead atoms. The van der Waals surface area contributed by atoms with Crippen molar-refractivity contribution in [3.05, 3.63) is 53.2 Å². The summed E-state index contributed by atoms with van der Waals surface area (Å²) in [6.07, 6.45) is 1.74. The monoisotopic (exact) mass is 250 g/mol. The maximum Gasteiger partial charge on any atom is 0.142 e. The van der Waals surface area contributed by atoms with Crippen LogP contribution in [-0.4, -0.2) is 4.98 Å². The first-order valence-corrected chi connectivity index (χ1v) is 6.20. The molecule has 2 aromatic rings. The van der Waals surface area contributed by atoms with Crippen LogP contribution in [0, 0.1) is 0 Å². The number of nitrogen functional groups attached to an aromatic ring is 1. The first-order valence-electron chi connectivity index (χ1n) is 4.83. The number of rotatable bonds is 3. The molecule has 0 amide bonds. The highest BCUT2D eigenvalue weighted by Crippen LogP contribution is 2.26. The molecule has 0 fully saturated rings. The van der Waals surface area contributed by atoms with E-state index in [1.165, 1.54) is 5.56 Å². The lowest BCUT2D eigenvalue weighted by Crippen LogP contribution is -1.90. The van der Waals surface area contributed by atoms with Crippen molar-refractivity contribution in [3.63, 3.8) is 0 Å². The Morgan fingerprint density at radius 2 is 2.00 bits per heavy atom. The fourth-order valence-corrected chi connectivity index (χ4v) is 2.34. The highest BCUT2D eigenvalue weighted by Gasteiger charge is 2.01. The Labute approximate surface area is 104 Å². The molecular weight excluding hydrogens is 240 g/mol. The van der Waals surface area contributed by atoms with Crippen molar-refractivity contribution < 1.29 is 0 Å². The Hall–Kier alpha value is -1.19. The topological polar surface area (TPSA) is 38.9 Å². The summed E-state index contributed by atoms with van der Waals surface area (Å²) in [5.41, 5.74) is 6.82. The molecule has 1 aromatic heterocycles. The number of halogens is 1. The van der Waals surface area contributed by atoms with Gasteiger partial charge in [-0.2, -0.15) is 0 Å². The summed E-state index contributed by atoms with van der Waals surface area (Å²) >= 11 is 7.59. The van der Waals surface area contributed by atoms with E-state index in [1.807, 2.05) is 24.3 Å². The second-order valence-electron chi connectivity index (χ2n) is 3.31. The lowest BCUT2D eigenvalue weighted by Gasteiger charge is -2.03. The molecule has 0 spiro atoms. The number of pyridine rings is 1. The number of benzene rings is 1. The maximum atomic E-state index is 5.89. The second kappa shape index (κ2) is 5.23. The average Bonchev–Trinajstić information content (AvgIpc) is 2.32. The molecule has 0 aliphatic carbocycles. The fraction of sp³-hybridized carbons (Fsp3) is 0.0833. The average molecular weight is 251 g/mol. The van der Waals surface area contributed by atoms with E-state index in [2.05, 4.69) is 17.1 Å². The van der Waals surface area contributed by atoms with Gasteiger partial charge in [0.2, 0.25) is 0 Å². The van der Waals surface area contributed by atoms with Crippen LogP contribution in [0.5, 0.6) is 0 Å². The molecule has 0 saturated carbocycles. The first kappa shape index (κ1) is 11.3. The summed E-state index contributed by atoms with van der Waals surface area (Å²) < 4.78 is 0. The number of hydrogen-bond donors (Lipinski definition) is 1. The summed E-state index contributed by atoms with van der Waals surface area (Å²) in [5, 5.41) is 0.512. The molecule has 2 nitrogen and oxygen atoms in total. The Kier molecular flexibility index (Phi) is 3.70. The number of aromatic nitrogens is 1. The van der Waals surface area contributed by atoms with Gasteiger partial charge in [0.25, 0.3) is 0 Å². The molecule has 1 heterocycles. The van der Waals surface area contributed by atoms with Crippen LogP contribution in [0.3, 0.4) is 0 Å². The molecule has 1 aromatic carbocycles. The van der Waals surface area contributed by atoms with Gasteiger partial charge in [-0.25, -0.2) is 4.98 Å². The summed E-state index contributed by atoms with van der Waals surface area (Å²) in [6.45, 7) is 0. The number of nitrogens with two attached hydrogens (primary N) is 1. The molecule has 82 valence electrons. The zero-order valence-corrected chi connectivity index (χ0v) is 10.1. The van der Waals surface area contributed by atoms with Gasteiger partial charge in [0.15, 0.2) is 0 Å². The molecule has 0 radical (unpaired) electrons. The Balaban J connectivity index is 2.03. The van der Waals surface area contributed by atoms with Gasteiger partial charge < -0.3 is 5.73 Å². The van der Waals surface area contributed by atoms with E-state index in [9.17, 15) is 0 Å². The normalized spacial score (nSPS) is 10.3. The summed E-state index contributed by atoms with van der Waals surface area (Å²) in [6, 6.07) is 12.1. The minimum absolute atomic E-state index is 0.380. The predicted octanol–water partition coefficient (Wildman–Crippen LogP) is 3.61. The molecule has 0 saturated heterocycles.